The van der Waals surface area contributed by atoms with E-state index in [-0.39, 0.29) is 18.4 Å². The topological polar surface area (TPSA) is 111 Å². The molecule has 2 aromatic rings. The van der Waals surface area contributed by atoms with Crippen molar-refractivity contribution in [3.63, 3.8) is 0 Å². The van der Waals surface area contributed by atoms with Gasteiger partial charge in [0.05, 0.1) is 12.2 Å². The van der Waals surface area contributed by atoms with E-state index in [4.69, 9.17) is 9.47 Å². The first-order chi connectivity index (χ1) is 15.3. The molecule has 32 heavy (non-hydrogen) atoms. The first-order valence-electron chi connectivity index (χ1n) is 10.4. The minimum Gasteiger partial charge on any atom is -0.462 e. The predicted octanol–water partition coefficient (Wildman–Crippen LogP) is 3.19. The van der Waals surface area contributed by atoms with Crippen LogP contribution in [-0.4, -0.2) is 43.0 Å². The fourth-order valence-corrected chi connectivity index (χ4v) is 2.85. The van der Waals surface area contributed by atoms with Gasteiger partial charge < -0.3 is 20.1 Å². The number of nitrogens with one attached hydrogen (secondary N) is 2. The van der Waals surface area contributed by atoms with Gasteiger partial charge in [-0.3, -0.25) is 9.59 Å². The third kappa shape index (κ3) is 7.86. The van der Waals surface area contributed by atoms with Gasteiger partial charge in [-0.25, -0.2) is 9.59 Å². The Labute approximate surface area is 187 Å². The minimum atomic E-state index is -0.876. The molecular formula is C24H28N2O6. The van der Waals surface area contributed by atoms with Gasteiger partial charge in [0.15, 0.2) is 6.61 Å². The average Bonchev–Trinajstić information content (AvgIpc) is 2.78. The van der Waals surface area contributed by atoms with Crippen LogP contribution in [0.3, 0.4) is 0 Å². The summed E-state index contributed by atoms with van der Waals surface area (Å²) in [6, 6.07) is 13.8. The second kappa shape index (κ2) is 12.2. The maximum atomic E-state index is 12.5. The van der Waals surface area contributed by atoms with Crippen LogP contribution in [-0.2, 0) is 19.1 Å². The lowest BCUT2D eigenvalue weighted by Gasteiger charge is -2.19. The summed E-state index contributed by atoms with van der Waals surface area (Å²) in [6.45, 7) is 5.32. The van der Waals surface area contributed by atoms with Crippen molar-refractivity contribution in [2.75, 3.05) is 18.5 Å². The normalized spacial score (nSPS) is 11.4. The van der Waals surface area contributed by atoms with Crippen LogP contribution < -0.4 is 10.6 Å². The summed E-state index contributed by atoms with van der Waals surface area (Å²) >= 11 is 0. The van der Waals surface area contributed by atoms with Gasteiger partial charge in [-0.05, 0) is 55.7 Å². The summed E-state index contributed by atoms with van der Waals surface area (Å²) in [6.07, 6.45) is 0.369. The number of esters is 2. The highest BCUT2D eigenvalue weighted by atomic mass is 16.5. The monoisotopic (exact) mass is 440 g/mol. The van der Waals surface area contributed by atoms with Crippen molar-refractivity contribution >= 4 is 29.4 Å². The first-order valence-corrected chi connectivity index (χ1v) is 10.4. The summed E-state index contributed by atoms with van der Waals surface area (Å²) in [5, 5.41) is 5.26. The van der Waals surface area contributed by atoms with Crippen molar-refractivity contribution in [2.24, 2.45) is 5.92 Å². The van der Waals surface area contributed by atoms with Crippen LogP contribution in [0.2, 0.25) is 0 Å². The molecule has 0 aliphatic rings. The molecule has 8 heteroatoms. The number of anilines is 1. The molecule has 2 aromatic carbocycles. The molecule has 170 valence electrons. The van der Waals surface area contributed by atoms with E-state index in [1.54, 1.807) is 49.4 Å². The molecule has 0 spiro atoms. The quantitative estimate of drug-likeness (QED) is 0.549. The molecule has 0 saturated heterocycles. The summed E-state index contributed by atoms with van der Waals surface area (Å²) in [5.41, 5.74) is 1.23. The van der Waals surface area contributed by atoms with E-state index in [9.17, 15) is 19.2 Å². The Morgan fingerprint density at radius 3 is 2.12 bits per heavy atom. The number of benzene rings is 2. The Morgan fingerprint density at radius 2 is 1.53 bits per heavy atom. The van der Waals surface area contributed by atoms with Crippen LogP contribution in [0.25, 0.3) is 0 Å². The zero-order valence-electron chi connectivity index (χ0n) is 18.4. The van der Waals surface area contributed by atoms with Gasteiger partial charge in [0.2, 0.25) is 0 Å². The Kier molecular flexibility index (Phi) is 9.41. The van der Waals surface area contributed by atoms with E-state index in [1.165, 1.54) is 12.1 Å². The van der Waals surface area contributed by atoms with Crippen molar-refractivity contribution in [2.45, 2.75) is 33.2 Å². The maximum Gasteiger partial charge on any atom is 0.338 e. The standard InChI is InChI=1S/C24H28N2O6/c1-4-31-23(29)18-10-12-19(13-11-18)25-21(27)15-32-24(30)20(14-16(2)3)26-22(28)17-8-6-5-7-9-17/h5-13,16,20H,4,14-15H2,1-3H3,(H,25,27)(H,26,28)/t20-/m1/s1. The maximum absolute atomic E-state index is 12.5. The smallest absolute Gasteiger partial charge is 0.338 e. The average molecular weight is 440 g/mol. The van der Waals surface area contributed by atoms with Crippen LogP contribution in [0.5, 0.6) is 0 Å². The van der Waals surface area contributed by atoms with Gasteiger partial charge in [-0.15, -0.1) is 0 Å². The molecule has 0 unspecified atom stereocenters. The molecule has 0 saturated carbocycles. The van der Waals surface area contributed by atoms with Crippen molar-refractivity contribution < 1.29 is 28.7 Å². The summed E-state index contributed by atoms with van der Waals surface area (Å²) in [5.74, 6) is -1.95. The number of hydrogen-bond acceptors (Lipinski definition) is 6. The van der Waals surface area contributed by atoms with E-state index < -0.39 is 30.5 Å². The number of carbonyl (C=O) groups is 4. The first kappa shape index (κ1) is 24.6. The SMILES string of the molecule is CCOC(=O)c1ccc(NC(=O)COC(=O)[C@@H](CC(C)C)NC(=O)c2ccccc2)cc1. The number of rotatable bonds is 10. The van der Waals surface area contributed by atoms with Gasteiger partial charge >= 0.3 is 11.9 Å². The van der Waals surface area contributed by atoms with E-state index >= 15 is 0 Å². The summed E-state index contributed by atoms with van der Waals surface area (Å²) in [7, 11) is 0. The van der Waals surface area contributed by atoms with Crippen LogP contribution in [0, 0.1) is 5.92 Å². The molecule has 0 aromatic heterocycles. The van der Waals surface area contributed by atoms with Gasteiger partial charge in [0.25, 0.3) is 11.8 Å². The van der Waals surface area contributed by atoms with Crippen molar-refractivity contribution in [1.29, 1.82) is 0 Å². The highest BCUT2D eigenvalue weighted by Gasteiger charge is 2.24. The third-order valence-electron chi connectivity index (χ3n) is 4.36. The molecule has 1 atom stereocenters. The van der Waals surface area contributed by atoms with E-state index in [0.717, 1.165) is 0 Å². The molecule has 0 bridgehead atoms. The minimum absolute atomic E-state index is 0.121. The van der Waals surface area contributed by atoms with Crippen molar-refractivity contribution in [3.05, 3.63) is 65.7 Å². The third-order valence-corrected chi connectivity index (χ3v) is 4.36. The van der Waals surface area contributed by atoms with Gasteiger partial charge in [0, 0.05) is 11.3 Å². The summed E-state index contributed by atoms with van der Waals surface area (Å²) in [4.78, 5) is 48.7. The lowest BCUT2D eigenvalue weighted by atomic mass is 10.0. The van der Waals surface area contributed by atoms with Crippen molar-refractivity contribution in [1.82, 2.24) is 5.32 Å². The second-order valence-electron chi connectivity index (χ2n) is 7.48. The Bertz CT molecular complexity index is 925. The second-order valence-corrected chi connectivity index (χ2v) is 7.48. The Hall–Kier alpha value is -3.68. The molecule has 0 fully saturated rings. The van der Waals surface area contributed by atoms with Crippen LogP contribution in [0.1, 0.15) is 47.9 Å². The Balaban J connectivity index is 1.90. The number of amides is 2. The lowest BCUT2D eigenvalue weighted by Crippen LogP contribution is -2.43. The van der Waals surface area contributed by atoms with Crippen LogP contribution >= 0.6 is 0 Å². The fourth-order valence-electron chi connectivity index (χ4n) is 2.85. The molecule has 0 aliphatic carbocycles. The van der Waals surface area contributed by atoms with E-state index in [0.29, 0.717) is 23.2 Å². The number of carbonyl (C=O) groups excluding carboxylic acids is 4. The van der Waals surface area contributed by atoms with Gasteiger partial charge in [0.1, 0.15) is 6.04 Å². The molecule has 2 rings (SSSR count). The molecule has 2 N–H and O–H groups in total. The largest absolute Gasteiger partial charge is 0.462 e. The highest BCUT2D eigenvalue weighted by molar-refractivity contribution is 5.97. The van der Waals surface area contributed by atoms with E-state index in [2.05, 4.69) is 10.6 Å². The zero-order valence-corrected chi connectivity index (χ0v) is 18.4. The molecular weight excluding hydrogens is 412 g/mol. The van der Waals surface area contributed by atoms with Gasteiger partial charge in [-0.2, -0.15) is 0 Å². The van der Waals surface area contributed by atoms with Crippen LogP contribution in [0.4, 0.5) is 5.69 Å². The molecule has 0 aliphatic heterocycles. The number of ether oxygens (including phenoxy) is 2. The highest BCUT2D eigenvalue weighted by Crippen LogP contribution is 2.11. The lowest BCUT2D eigenvalue weighted by molar-refractivity contribution is -0.149. The van der Waals surface area contributed by atoms with Crippen LogP contribution in [0.15, 0.2) is 54.6 Å². The molecule has 0 heterocycles. The van der Waals surface area contributed by atoms with E-state index in [1.807, 2.05) is 13.8 Å². The predicted molar refractivity (Wildman–Crippen MR) is 119 cm³/mol. The Morgan fingerprint density at radius 1 is 0.875 bits per heavy atom. The molecule has 0 radical (unpaired) electrons. The number of hydrogen-bond donors (Lipinski definition) is 2. The summed E-state index contributed by atoms with van der Waals surface area (Å²) < 4.78 is 10.0. The molecule has 2 amide bonds. The zero-order chi connectivity index (χ0) is 23.5. The molecule has 8 nitrogen and oxygen atoms in total. The fraction of sp³-hybridized carbons (Fsp3) is 0.333. The van der Waals surface area contributed by atoms with Gasteiger partial charge in [-0.1, -0.05) is 32.0 Å². The van der Waals surface area contributed by atoms with Crippen molar-refractivity contribution in [3.8, 4) is 0 Å².